The van der Waals surface area contributed by atoms with Crippen molar-refractivity contribution in [3.05, 3.63) is 17.8 Å². The lowest BCUT2D eigenvalue weighted by Gasteiger charge is -2.17. The molecule has 5 heteroatoms. The molecule has 0 saturated heterocycles. The highest BCUT2D eigenvalue weighted by atomic mass is 16.5. The Morgan fingerprint density at radius 2 is 2.11 bits per heavy atom. The van der Waals surface area contributed by atoms with Crippen molar-refractivity contribution >= 4 is 5.82 Å². The van der Waals surface area contributed by atoms with Gasteiger partial charge in [-0.05, 0) is 32.0 Å². The van der Waals surface area contributed by atoms with Crippen LogP contribution in [0.4, 0.5) is 5.82 Å². The van der Waals surface area contributed by atoms with Crippen LogP contribution in [0.3, 0.4) is 0 Å². The quantitative estimate of drug-likeness (QED) is 0.674. The summed E-state index contributed by atoms with van der Waals surface area (Å²) in [5.74, 6) is 0.883. The monoisotopic (exact) mass is 252 g/mol. The van der Waals surface area contributed by atoms with E-state index in [0.717, 1.165) is 44.2 Å². The van der Waals surface area contributed by atoms with Gasteiger partial charge in [0.05, 0.1) is 12.3 Å². The average molecular weight is 252 g/mol. The number of nitrogens with one attached hydrogen (secondary N) is 1. The van der Waals surface area contributed by atoms with Gasteiger partial charge < -0.3 is 15.0 Å². The molecule has 102 valence electrons. The van der Waals surface area contributed by atoms with Crippen LogP contribution in [-0.4, -0.2) is 43.5 Å². The molecule has 0 saturated carbocycles. The smallest absolute Gasteiger partial charge is 0.151 e. The van der Waals surface area contributed by atoms with Crippen molar-refractivity contribution in [2.45, 2.75) is 26.8 Å². The summed E-state index contributed by atoms with van der Waals surface area (Å²) in [4.78, 5) is 2.05. The fourth-order valence-electron chi connectivity index (χ4n) is 1.50. The largest absolute Gasteiger partial charge is 0.380 e. The lowest BCUT2D eigenvalue weighted by molar-refractivity contribution is 0.154. The molecule has 1 N–H and O–H groups in total. The third kappa shape index (κ3) is 5.42. The summed E-state index contributed by atoms with van der Waals surface area (Å²) in [6.07, 6.45) is 1.13. The zero-order chi connectivity index (χ0) is 13.2. The Labute approximate surface area is 110 Å². The number of hydrogen-bond donors (Lipinski definition) is 1. The molecule has 5 nitrogen and oxygen atoms in total. The Bertz CT molecular complexity index is 315. The van der Waals surface area contributed by atoms with E-state index in [4.69, 9.17) is 4.74 Å². The van der Waals surface area contributed by atoms with Crippen LogP contribution in [0.15, 0.2) is 12.1 Å². The van der Waals surface area contributed by atoms with Crippen molar-refractivity contribution in [3.8, 4) is 0 Å². The number of hydrogen-bond acceptors (Lipinski definition) is 5. The molecule has 0 aliphatic heterocycles. The van der Waals surface area contributed by atoms with E-state index in [1.54, 1.807) is 0 Å². The summed E-state index contributed by atoms with van der Waals surface area (Å²) in [7, 11) is 2.00. The fraction of sp³-hybridized carbons (Fsp3) is 0.692. The van der Waals surface area contributed by atoms with Gasteiger partial charge in [0.25, 0.3) is 0 Å². The summed E-state index contributed by atoms with van der Waals surface area (Å²) < 4.78 is 5.31. The predicted octanol–water partition coefficient (Wildman–Crippen LogP) is 1.45. The van der Waals surface area contributed by atoms with Crippen LogP contribution in [0, 0.1) is 0 Å². The van der Waals surface area contributed by atoms with Gasteiger partial charge in [0.2, 0.25) is 0 Å². The van der Waals surface area contributed by atoms with E-state index >= 15 is 0 Å². The second kappa shape index (κ2) is 8.83. The Morgan fingerprint density at radius 3 is 2.72 bits per heavy atom. The normalized spacial score (nSPS) is 10.6. The number of ether oxygens (including phenoxy) is 1. The second-order valence-corrected chi connectivity index (χ2v) is 4.18. The molecule has 0 aromatic carbocycles. The summed E-state index contributed by atoms with van der Waals surface area (Å²) in [6.45, 7) is 8.24. The first-order chi connectivity index (χ1) is 8.77. The van der Waals surface area contributed by atoms with Crippen molar-refractivity contribution in [1.29, 1.82) is 0 Å². The van der Waals surface area contributed by atoms with Crippen LogP contribution in [0.25, 0.3) is 0 Å². The Morgan fingerprint density at radius 1 is 1.28 bits per heavy atom. The maximum absolute atomic E-state index is 5.31. The molecule has 1 rings (SSSR count). The molecule has 0 fully saturated rings. The maximum atomic E-state index is 5.31. The Hall–Kier alpha value is -1.20. The molecular formula is C13H24N4O. The van der Waals surface area contributed by atoms with Crippen LogP contribution >= 0.6 is 0 Å². The first-order valence-electron chi connectivity index (χ1n) is 6.60. The molecule has 0 unspecified atom stereocenters. The maximum Gasteiger partial charge on any atom is 0.151 e. The number of nitrogens with zero attached hydrogens (tertiary/aromatic N) is 3. The number of likely N-dealkylation sites (N-methyl/N-ethyl adjacent to an activating group) is 1. The highest BCUT2D eigenvalue weighted by Gasteiger charge is 2.03. The molecule has 0 spiro atoms. The van der Waals surface area contributed by atoms with Crippen molar-refractivity contribution in [2.75, 3.05) is 38.3 Å². The Balaban J connectivity index is 2.38. The van der Waals surface area contributed by atoms with Crippen LogP contribution in [-0.2, 0) is 11.3 Å². The average Bonchev–Trinajstić information content (AvgIpc) is 2.40. The SMILES string of the molecule is CCCNCc1ccc(N(C)CCOCC)nn1. The third-order valence-corrected chi connectivity index (χ3v) is 2.60. The van der Waals surface area contributed by atoms with Crippen LogP contribution in [0.1, 0.15) is 26.0 Å². The molecule has 1 aromatic heterocycles. The molecule has 0 radical (unpaired) electrons. The lowest BCUT2D eigenvalue weighted by atomic mass is 10.3. The van der Waals surface area contributed by atoms with E-state index in [2.05, 4.69) is 22.4 Å². The predicted molar refractivity (Wildman–Crippen MR) is 73.8 cm³/mol. The van der Waals surface area contributed by atoms with Gasteiger partial charge in [-0.25, -0.2) is 0 Å². The highest BCUT2D eigenvalue weighted by Crippen LogP contribution is 2.06. The van der Waals surface area contributed by atoms with Gasteiger partial charge in [0.1, 0.15) is 0 Å². The lowest BCUT2D eigenvalue weighted by Crippen LogP contribution is -2.24. The van der Waals surface area contributed by atoms with Crippen LogP contribution in [0.5, 0.6) is 0 Å². The minimum Gasteiger partial charge on any atom is -0.380 e. The summed E-state index contributed by atoms with van der Waals surface area (Å²) in [6, 6.07) is 4.02. The van der Waals surface area contributed by atoms with Crippen LogP contribution in [0.2, 0.25) is 0 Å². The van der Waals surface area contributed by atoms with Gasteiger partial charge in [-0.2, -0.15) is 5.10 Å². The summed E-state index contributed by atoms with van der Waals surface area (Å²) >= 11 is 0. The molecule has 1 aromatic rings. The minimum atomic E-state index is 0.717. The third-order valence-electron chi connectivity index (χ3n) is 2.60. The molecule has 18 heavy (non-hydrogen) atoms. The zero-order valence-electron chi connectivity index (χ0n) is 11.6. The topological polar surface area (TPSA) is 50.3 Å². The van der Waals surface area contributed by atoms with E-state index in [1.807, 2.05) is 31.0 Å². The fourth-order valence-corrected chi connectivity index (χ4v) is 1.50. The Kier molecular flexibility index (Phi) is 7.29. The molecule has 0 bridgehead atoms. The zero-order valence-corrected chi connectivity index (χ0v) is 11.6. The van der Waals surface area contributed by atoms with E-state index < -0.39 is 0 Å². The molecule has 0 aliphatic rings. The van der Waals surface area contributed by atoms with Gasteiger partial charge in [-0.1, -0.05) is 6.92 Å². The van der Waals surface area contributed by atoms with E-state index in [0.29, 0.717) is 6.61 Å². The van der Waals surface area contributed by atoms with Gasteiger partial charge in [0, 0.05) is 26.7 Å². The van der Waals surface area contributed by atoms with Crippen LogP contribution < -0.4 is 10.2 Å². The van der Waals surface area contributed by atoms with E-state index in [9.17, 15) is 0 Å². The molecule has 0 amide bonds. The number of rotatable bonds is 9. The first kappa shape index (κ1) is 14.9. The first-order valence-corrected chi connectivity index (χ1v) is 6.60. The van der Waals surface area contributed by atoms with Gasteiger partial charge in [-0.3, -0.25) is 0 Å². The van der Waals surface area contributed by atoms with E-state index in [1.165, 1.54) is 0 Å². The number of aromatic nitrogens is 2. The number of anilines is 1. The van der Waals surface area contributed by atoms with E-state index in [-0.39, 0.29) is 0 Å². The van der Waals surface area contributed by atoms with Crippen molar-refractivity contribution in [2.24, 2.45) is 0 Å². The molecule has 0 aliphatic carbocycles. The molecular weight excluding hydrogens is 228 g/mol. The van der Waals surface area contributed by atoms with Gasteiger partial charge in [0.15, 0.2) is 5.82 Å². The van der Waals surface area contributed by atoms with Crippen molar-refractivity contribution in [1.82, 2.24) is 15.5 Å². The molecule has 0 atom stereocenters. The standard InChI is InChI=1S/C13H24N4O/c1-4-8-14-11-12-6-7-13(16-15-12)17(3)9-10-18-5-2/h6-7,14H,4-5,8-11H2,1-3H3. The summed E-state index contributed by atoms with van der Waals surface area (Å²) in [5.41, 5.74) is 0.977. The van der Waals surface area contributed by atoms with Crippen molar-refractivity contribution in [3.63, 3.8) is 0 Å². The minimum absolute atomic E-state index is 0.717. The van der Waals surface area contributed by atoms with Crippen molar-refractivity contribution < 1.29 is 4.74 Å². The van der Waals surface area contributed by atoms with Gasteiger partial charge in [-0.15, -0.1) is 5.10 Å². The summed E-state index contributed by atoms with van der Waals surface area (Å²) in [5, 5.41) is 11.7. The van der Waals surface area contributed by atoms with Gasteiger partial charge >= 0.3 is 0 Å². The second-order valence-electron chi connectivity index (χ2n) is 4.18. The molecule has 1 heterocycles. The highest BCUT2D eigenvalue weighted by molar-refractivity contribution is 5.35.